The second kappa shape index (κ2) is 5.23. The number of rotatable bonds is 5. The van der Waals surface area contributed by atoms with Gasteiger partial charge in [0, 0.05) is 30.7 Å². The number of aromatic nitrogens is 1. The standard InChI is InChI=1S/C14H21N3/c1-3-11(8-15)9-16-13-10-17(2)14-7-5-4-6-12(13)14/h4-7,10-11,16H,3,8-9,15H2,1-2H3. The Kier molecular flexibility index (Phi) is 3.69. The highest BCUT2D eigenvalue weighted by molar-refractivity contribution is 5.92. The van der Waals surface area contributed by atoms with E-state index in [1.807, 2.05) is 0 Å². The van der Waals surface area contributed by atoms with Crippen molar-refractivity contribution in [3.8, 4) is 0 Å². The van der Waals surface area contributed by atoms with Crippen molar-refractivity contribution in [2.75, 3.05) is 18.4 Å². The Bertz CT molecular complexity index is 483. The monoisotopic (exact) mass is 231 g/mol. The topological polar surface area (TPSA) is 43.0 Å². The normalized spacial score (nSPS) is 12.9. The zero-order valence-corrected chi connectivity index (χ0v) is 10.6. The average Bonchev–Trinajstić information content (AvgIpc) is 2.69. The van der Waals surface area contributed by atoms with Crippen molar-refractivity contribution in [3.05, 3.63) is 30.5 Å². The van der Waals surface area contributed by atoms with Crippen LogP contribution in [0.25, 0.3) is 10.9 Å². The summed E-state index contributed by atoms with van der Waals surface area (Å²) in [5.74, 6) is 0.550. The summed E-state index contributed by atoms with van der Waals surface area (Å²) in [7, 11) is 2.08. The fourth-order valence-electron chi connectivity index (χ4n) is 2.13. The van der Waals surface area contributed by atoms with E-state index in [2.05, 4.69) is 54.3 Å². The van der Waals surface area contributed by atoms with Crippen LogP contribution in [0.3, 0.4) is 0 Å². The van der Waals surface area contributed by atoms with E-state index in [0.717, 1.165) is 19.5 Å². The van der Waals surface area contributed by atoms with Crippen LogP contribution in [0.2, 0.25) is 0 Å². The van der Waals surface area contributed by atoms with Crippen molar-refractivity contribution in [2.45, 2.75) is 13.3 Å². The minimum atomic E-state index is 0.550. The van der Waals surface area contributed by atoms with Crippen molar-refractivity contribution in [1.29, 1.82) is 0 Å². The van der Waals surface area contributed by atoms with Gasteiger partial charge in [0.05, 0.1) is 5.69 Å². The summed E-state index contributed by atoms with van der Waals surface area (Å²) in [4.78, 5) is 0. The van der Waals surface area contributed by atoms with Crippen LogP contribution in [-0.4, -0.2) is 17.7 Å². The summed E-state index contributed by atoms with van der Waals surface area (Å²) in [6.45, 7) is 3.87. The van der Waals surface area contributed by atoms with E-state index < -0.39 is 0 Å². The van der Waals surface area contributed by atoms with Gasteiger partial charge in [-0.05, 0) is 18.5 Å². The molecule has 0 aliphatic rings. The lowest BCUT2D eigenvalue weighted by atomic mass is 10.1. The molecule has 0 bridgehead atoms. The van der Waals surface area contributed by atoms with Crippen molar-refractivity contribution in [1.82, 2.24) is 4.57 Å². The summed E-state index contributed by atoms with van der Waals surface area (Å²) >= 11 is 0. The first-order chi connectivity index (χ1) is 8.26. The van der Waals surface area contributed by atoms with Gasteiger partial charge in [0.25, 0.3) is 0 Å². The number of hydrogen-bond donors (Lipinski definition) is 2. The van der Waals surface area contributed by atoms with Gasteiger partial charge < -0.3 is 15.6 Å². The van der Waals surface area contributed by atoms with E-state index in [1.165, 1.54) is 16.6 Å². The fourth-order valence-corrected chi connectivity index (χ4v) is 2.13. The summed E-state index contributed by atoms with van der Waals surface area (Å²) in [6, 6.07) is 8.44. The van der Waals surface area contributed by atoms with Crippen LogP contribution in [0.5, 0.6) is 0 Å². The second-order valence-electron chi connectivity index (χ2n) is 4.56. The van der Waals surface area contributed by atoms with Crippen LogP contribution >= 0.6 is 0 Å². The molecule has 0 spiro atoms. The van der Waals surface area contributed by atoms with Gasteiger partial charge in [0.1, 0.15) is 0 Å². The number of aryl methyl sites for hydroxylation is 1. The van der Waals surface area contributed by atoms with Crippen molar-refractivity contribution in [3.63, 3.8) is 0 Å². The summed E-state index contributed by atoms with van der Waals surface area (Å²) in [5, 5.41) is 4.79. The average molecular weight is 231 g/mol. The molecule has 0 amide bonds. The van der Waals surface area contributed by atoms with Crippen LogP contribution in [0.4, 0.5) is 5.69 Å². The number of anilines is 1. The third-order valence-corrected chi connectivity index (χ3v) is 3.39. The Morgan fingerprint density at radius 1 is 1.35 bits per heavy atom. The number of hydrogen-bond acceptors (Lipinski definition) is 2. The molecule has 3 N–H and O–H groups in total. The van der Waals surface area contributed by atoms with Crippen molar-refractivity contribution < 1.29 is 0 Å². The van der Waals surface area contributed by atoms with Crippen LogP contribution in [-0.2, 0) is 7.05 Å². The summed E-state index contributed by atoms with van der Waals surface area (Å²) in [6.07, 6.45) is 3.27. The van der Waals surface area contributed by atoms with Crippen LogP contribution in [0.15, 0.2) is 30.5 Å². The van der Waals surface area contributed by atoms with Gasteiger partial charge in [-0.2, -0.15) is 0 Å². The Morgan fingerprint density at radius 3 is 2.82 bits per heavy atom. The Labute approximate surface area is 103 Å². The van der Waals surface area contributed by atoms with E-state index in [4.69, 9.17) is 5.73 Å². The molecule has 0 saturated heterocycles. The molecule has 1 unspecified atom stereocenters. The van der Waals surface area contributed by atoms with E-state index in [0.29, 0.717) is 5.92 Å². The molecule has 2 aromatic rings. The highest BCUT2D eigenvalue weighted by atomic mass is 15.0. The fraction of sp³-hybridized carbons (Fsp3) is 0.429. The minimum absolute atomic E-state index is 0.550. The number of fused-ring (bicyclic) bond motifs is 1. The molecule has 1 aromatic heterocycles. The smallest absolute Gasteiger partial charge is 0.0600 e. The van der Waals surface area contributed by atoms with Gasteiger partial charge in [-0.3, -0.25) is 0 Å². The predicted octanol–water partition coefficient (Wildman–Crippen LogP) is 2.58. The molecule has 0 radical (unpaired) electrons. The first-order valence-corrected chi connectivity index (χ1v) is 6.24. The van der Waals surface area contributed by atoms with Gasteiger partial charge in [-0.25, -0.2) is 0 Å². The quantitative estimate of drug-likeness (QED) is 0.830. The van der Waals surface area contributed by atoms with E-state index >= 15 is 0 Å². The maximum Gasteiger partial charge on any atom is 0.0600 e. The Morgan fingerprint density at radius 2 is 2.12 bits per heavy atom. The molecule has 2 rings (SSSR count). The zero-order chi connectivity index (χ0) is 12.3. The molecule has 0 aliphatic carbocycles. The van der Waals surface area contributed by atoms with Crippen LogP contribution < -0.4 is 11.1 Å². The third kappa shape index (κ3) is 2.44. The first-order valence-electron chi connectivity index (χ1n) is 6.24. The van der Waals surface area contributed by atoms with E-state index in [1.54, 1.807) is 0 Å². The maximum atomic E-state index is 5.72. The molecule has 0 aliphatic heterocycles. The lowest BCUT2D eigenvalue weighted by molar-refractivity contribution is 0.549. The molecule has 92 valence electrons. The largest absolute Gasteiger partial charge is 0.383 e. The van der Waals surface area contributed by atoms with Crippen LogP contribution in [0.1, 0.15) is 13.3 Å². The molecule has 1 heterocycles. The lowest BCUT2D eigenvalue weighted by Gasteiger charge is -2.13. The zero-order valence-electron chi connectivity index (χ0n) is 10.6. The van der Waals surface area contributed by atoms with Gasteiger partial charge in [0.15, 0.2) is 0 Å². The van der Waals surface area contributed by atoms with Gasteiger partial charge in [-0.15, -0.1) is 0 Å². The van der Waals surface area contributed by atoms with Gasteiger partial charge >= 0.3 is 0 Å². The predicted molar refractivity (Wildman–Crippen MR) is 74.2 cm³/mol. The molecule has 0 fully saturated rings. The van der Waals surface area contributed by atoms with E-state index in [9.17, 15) is 0 Å². The molecule has 1 aromatic carbocycles. The Hall–Kier alpha value is -1.48. The summed E-state index contributed by atoms with van der Waals surface area (Å²) in [5.41, 5.74) is 8.18. The highest BCUT2D eigenvalue weighted by Crippen LogP contribution is 2.25. The first kappa shape index (κ1) is 12.0. The van der Waals surface area contributed by atoms with Gasteiger partial charge in [-0.1, -0.05) is 31.5 Å². The molecule has 3 nitrogen and oxygen atoms in total. The SMILES string of the molecule is CCC(CN)CNc1cn(C)c2ccccc12. The second-order valence-corrected chi connectivity index (χ2v) is 4.56. The molecular weight excluding hydrogens is 210 g/mol. The lowest BCUT2D eigenvalue weighted by Crippen LogP contribution is -2.21. The van der Waals surface area contributed by atoms with Crippen molar-refractivity contribution in [2.24, 2.45) is 18.7 Å². The number of nitrogens with zero attached hydrogens (tertiary/aromatic N) is 1. The molecule has 0 saturated carbocycles. The van der Waals surface area contributed by atoms with Gasteiger partial charge in [0.2, 0.25) is 0 Å². The molecular formula is C14H21N3. The number of nitrogens with two attached hydrogens (primary N) is 1. The minimum Gasteiger partial charge on any atom is -0.383 e. The number of para-hydroxylation sites is 1. The number of benzene rings is 1. The van der Waals surface area contributed by atoms with E-state index in [-0.39, 0.29) is 0 Å². The maximum absolute atomic E-state index is 5.72. The molecule has 3 heteroatoms. The van der Waals surface area contributed by atoms with Crippen molar-refractivity contribution >= 4 is 16.6 Å². The summed E-state index contributed by atoms with van der Waals surface area (Å²) < 4.78 is 2.15. The van der Waals surface area contributed by atoms with Crippen LogP contribution in [0, 0.1) is 5.92 Å². The highest BCUT2D eigenvalue weighted by Gasteiger charge is 2.07. The third-order valence-electron chi connectivity index (χ3n) is 3.39. The molecule has 17 heavy (non-hydrogen) atoms. The Balaban J connectivity index is 2.19. The molecule has 1 atom stereocenters. The number of nitrogens with one attached hydrogen (secondary N) is 1.